The van der Waals surface area contributed by atoms with Crippen molar-refractivity contribution >= 4 is 5.91 Å². The molecule has 21 heavy (non-hydrogen) atoms. The number of hydrogen-bond donors (Lipinski definition) is 2. The van der Waals surface area contributed by atoms with E-state index >= 15 is 0 Å². The molecule has 1 aromatic carbocycles. The van der Waals surface area contributed by atoms with Gasteiger partial charge in [-0.2, -0.15) is 0 Å². The average molecular weight is 294 g/mol. The Morgan fingerprint density at radius 1 is 1.24 bits per heavy atom. The van der Waals surface area contributed by atoms with Crippen LogP contribution >= 0.6 is 0 Å². The zero-order valence-electron chi connectivity index (χ0n) is 13.5. The van der Waals surface area contributed by atoms with Crippen molar-refractivity contribution in [1.29, 1.82) is 0 Å². The molecule has 1 amide bonds. The van der Waals surface area contributed by atoms with Gasteiger partial charge in [-0.25, -0.2) is 0 Å². The minimum Gasteiger partial charge on any atom is -0.493 e. The van der Waals surface area contributed by atoms with Crippen molar-refractivity contribution in [3.8, 4) is 11.5 Å². The lowest BCUT2D eigenvalue weighted by molar-refractivity contribution is -0.122. The summed E-state index contributed by atoms with van der Waals surface area (Å²) in [5.74, 6) is 1.27. The van der Waals surface area contributed by atoms with E-state index in [9.17, 15) is 4.79 Å². The van der Waals surface area contributed by atoms with Gasteiger partial charge in [0.1, 0.15) is 0 Å². The standard InChI is InChI=1S/C16H26N2O3/c1-16(2,3)14(17)9-15(19)18-10-11-6-7-12(20-4)13(8-11)21-5/h6-8,14H,9-10,17H2,1-5H3,(H,18,19). The Morgan fingerprint density at radius 2 is 1.86 bits per heavy atom. The molecule has 1 aromatic rings. The van der Waals surface area contributed by atoms with Crippen LogP contribution in [0.1, 0.15) is 32.8 Å². The molecule has 0 fully saturated rings. The molecule has 0 heterocycles. The first-order chi connectivity index (χ1) is 9.77. The molecule has 1 atom stereocenters. The van der Waals surface area contributed by atoms with E-state index < -0.39 is 0 Å². The molecule has 0 spiro atoms. The van der Waals surface area contributed by atoms with Crippen molar-refractivity contribution in [3.63, 3.8) is 0 Å². The first kappa shape index (κ1) is 17.3. The van der Waals surface area contributed by atoms with Crippen molar-refractivity contribution in [2.75, 3.05) is 14.2 Å². The van der Waals surface area contributed by atoms with Gasteiger partial charge in [-0.15, -0.1) is 0 Å². The molecule has 1 rings (SSSR count). The van der Waals surface area contributed by atoms with Crippen molar-refractivity contribution < 1.29 is 14.3 Å². The van der Waals surface area contributed by atoms with Crippen LogP contribution in [0, 0.1) is 5.41 Å². The van der Waals surface area contributed by atoms with Crippen LogP contribution in [0.3, 0.4) is 0 Å². The third-order valence-corrected chi connectivity index (χ3v) is 3.46. The van der Waals surface area contributed by atoms with Gasteiger partial charge in [-0.1, -0.05) is 26.8 Å². The van der Waals surface area contributed by atoms with Crippen LogP contribution in [0.2, 0.25) is 0 Å². The predicted octanol–water partition coefficient (Wildman–Crippen LogP) is 2.08. The summed E-state index contributed by atoms with van der Waals surface area (Å²) in [6, 6.07) is 5.40. The molecule has 0 aliphatic heterocycles. The summed E-state index contributed by atoms with van der Waals surface area (Å²) in [5, 5.41) is 2.88. The molecule has 0 aromatic heterocycles. The van der Waals surface area contributed by atoms with E-state index in [-0.39, 0.29) is 17.4 Å². The molecule has 1 unspecified atom stereocenters. The normalized spacial score (nSPS) is 12.7. The Balaban J connectivity index is 2.57. The van der Waals surface area contributed by atoms with Gasteiger partial charge in [-0.05, 0) is 23.1 Å². The third-order valence-electron chi connectivity index (χ3n) is 3.46. The lowest BCUT2D eigenvalue weighted by Gasteiger charge is -2.26. The highest BCUT2D eigenvalue weighted by molar-refractivity contribution is 5.76. The van der Waals surface area contributed by atoms with Gasteiger partial charge in [-0.3, -0.25) is 4.79 Å². The fraction of sp³-hybridized carbons (Fsp3) is 0.562. The first-order valence-corrected chi connectivity index (χ1v) is 7.01. The molecule has 5 nitrogen and oxygen atoms in total. The summed E-state index contributed by atoms with van der Waals surface area (Å²) >= 11 is 0. The largest absolute Gasteiger partial charge is 0.493 e. The van der Waals surface area contributed by atoms with Crippen molar-refractivity contribution in [1.82, 2.24) is 5.32 Å². The molecule has 118 valence electrons. The van der Waals surface area contributed by atoms with E-state index in [1.54, 1.807) is 14.2 Å². The van der Waals surface area contributed by atoms with E-state index in [1.165, 1.54) is 0 Å². The minimum atomic E-state index is -0.164. The number of benzene rings is 1. The third kappa shape index (κ3) is 5.27. The van der Waals surface area contributed by atoms with Crippen LogP contribution < -0.4 is 20.5 Å². The maximum absolute atomic E-state index is 11.9. The smallest absolute Gasteiger partial charge is 0.221 e. The molecule has 5 heteroatoms. The molecule has 0 saturated heterocycles. The van der Waals surface area contributed by atoms with Crippen molar-refractivity contribution in [2.24, 2.45) is 11.1 Å². The summed E-state index contributed by atoms with van der Waals surface area (Å²) in [5.41, 5.74) is 6.87. The molecule has 3 N–H and O–H groups in total. The van der Waals surface area contributed by atoms with E-state index in [1.807, 2.05) is 39.0 Å². The van der Waals surface area contributed by atoms with Gasteiger partial charge >= 0.3 is 0 Å². The van der Waals surface area contributed by atoms with Gasteiger partial charge in [0.2, 0.25) is 5.91 Å². The Morgan fingerprint density at radius 3 is 2.38 bits per heavy atom. The second kappa shape index (κ2) is 7.31. The molecule has 0 aliphatic rings. The van der Waals surface area contributed by atoms with Gasteiger partial charge < -0.3 is 20.5 Å². The number of nitrogens with two attached hydrogens (primary N) is 1. The molecular formula is C16H26N2O3. The zero-order valence-corrected chi connectivity index (χ0v) is 13.5. The number of rotatable bonds is 6. The summed E-state index contributed by atoms with van der Waals surface area (Å²) in [7, 11) is 3.18. The Hall–Kier alpha value is -1.75. The molecular weight excluding hydrogens is 268 g/mol. The van der Waals surface area contributed by atoms with Crippen molar-refractivity contribution in [3.05, 3.63) is 23.8 Å². The number of methoxy groups -OCH3 is 2. The number of ether oxygens (including phenoxy) is 2. The lowest BCUT2D eigenvalue weighted by Crippen LogP contribution is -2.40. The second-order valence-electron chi connectivity index (χ2n) is 6.14. The van der Waals surface area contributed by atoms with Crippen LogP contribution in [0.4, 0.5) is 0 Å². The molecule has 0 saturated carbocycles. The molecule has 0 bridgehead atoms. The second-order valence-corrected chi connectivity index (χ2v) is 6.14. The summed E-state index contributed by atoms with van der Waals surface area (Å²) in [6.45, 7) is 6.52. The van der Waals surface area contributed by atoms with Crippen LogP contribution in [0.15, 0.2) is 18.2 Å². The average Bonchev–Trinajstić information content (AvgIpc) is 2.43. The highest BCUT2D eigenvalue weighted by Crippen LogP contribution is 2.27. The monoisotopic (exact) mass is 294 g/mol. The van der Waals surface area contributed by atoms with Crippen LogP contribution in [-0.4, -0.2) is 26.2 Å². The molecule has 0 aliphatic carbocycles. The zero-order chi connectivity index (χ0) is 16.0. The quantitative estimate of drug-likeness (QED) is 0.842. The van der Waals surface area contributed by atoms with Gasteiger partial charge in [0.15, 0.2) is 11.5 Å². The summed E-state index contributed by atoms with van der Waals surface area (Å²) in [6.07, 6.45) is 0.316. The van der Waals surface area contributed by atoms with E-state index in [4.69, 9.17) is 15.2 Å². The highest BCUT2D eigenvalue weighted by Gasteiger charge is 2.22. The lowest BCUT2D eigenvalue weighted by atomic mass is 9.85. The Bertz CT molecular complexity index is 481. The highest BCUT2D eigenvalue weighted by atomic mass is 16.5. The Labute approximate surface area is 126 Å². The van der Waals surface area contributed by atoms with Crippen LogP contribution in [0.25, 0.3) is 0 Å². The van der Waals surface area contributed by atoms with Gasteiger partial charge in [0.05, 0.1) is 14.2 Å². The topological polar surface area (TPSA) is 73.6 Å². The minimum absolute atomic E-state index is 0.0489. The SMILES string of the molecule is COc1ccc(CNC(=O)CC(N)C(C)(C)C)cc1OC. The van der Waals surface area contributed by atoms with Crippen LogP contribution in [0.5, 0.6) is 11.5 Å². The first-order valence-electron chi connectivity index (χ1n) is 7.01. The van der Waals surface area contributed by atoms with Crippen LogP contribution in [-0.2, 0) is 11.3 Å². The summed E-state index contributed by atoms with van der Waals surface area (Å²) < 4.78 is 10.4. The number of hydrogen-bond acceptors (Lipinski definition) is 4. The fourth-order valence-electron chi connectivity index (χ4n) is 1.77. The van der Waals surface area contributed by atoms with E-state index in [2.05, 4.69) is 5.32 Å². The van der Waals surface area contributed by atoms with E-state index in [0.29, 0.717) is 24.5 Å². The van der Waals surface area contributed by atoms with Crippen molar-refractivity contribution in [2.45, 2.75) is 39.8 Å². The fourth-order valence-corrected chi connectivity index (χ4v) is 1.77. The maximum Gasteiger partial charge on any atom is 0.221 e. The number of nitrogens with one attached hydrogen (secondary N) is 1. The Kier molecular flexibility index (Phi) is 6.03. The number of amides is 1. The maximum atomic E-state index is 11.9. The summed E-state index contributed by atoms with van der Waals surface area (Å²) in [4.78, 5) is 11.9. The predicted molar refractivity (Wildman–Crippen MR) is 83.4 cm³/mol. The number of carbonyl (C=O) groups excluding carboxylic acids is 1. The van der Waals surface area contributed by atoms with E-state index in [0.717, 1.165) is 5.56 Å². The van der Waals surface area contributed by atoms with Gasteiger partial charge in [0.25, 0.3) is 0 Å². The van der Waals surface area contributed by atoms with Gasteiger partial charge in [0, 0.05) is 19.0 Å². The molecule has 0 radical (unpaired) electrons. The number of carbonyl (C=O) groups is 1.